The molecule has 1 unspecified atom stereocenters. The molecule has 0 aliphatic heterocycles. The summed E-state index contributed by atoms with van der Waals surface area (Å²) in [6.07, 6.45) is -4.50. The van der Waals surface area contributed by atoms with Crippen molar-refractivity contribution in [2.75, 3.05) is 6.61 Å². The van der Waals surface area contributed by atoms with Crippen molar-refractivity contribution in [3.05, 3.63) is 35.9 Å². The summed E-state index contributed by atoms with van der Waals surface area (Å²) in [5.41, 5.74) is 7.66. The molecule has 94 valence electrons. The Labute approximate surface area is 95.5 Å². The molecule has 1 aromatic rings. The minimum absolute atomic E-state index is 0.487. The number of nitrogens with one attached hydrogen (secondary N) is 1. The summed E-state index contributed by atoms with van der Waals surface area (Å²) >= 11 is 0. The fourth-order valence-corrected chi connectivity index (χ4v) is 1.06. The van der Waals surface area contributed by atoms with Crippen LogP contribution in [0.5, 0.6) is 0 Å². The van der Waals surface area contributed by atoms with Gasteiger partial charge in [0.2, 0.25) is 0 Å². The molecule has 1 amide bonds. The summed E-state index contributed by atoms with van der Waals surface area (Å²) in [7, 11) is 0. The highest BCUT2D eigenvalue weighted by Crippen LogP contribution is 2.14. The van der Waals surface area contributed by atoms with Crippen LogP contribution in [0.25, 0.3) is 0 Å². The molecule has 1 aromatic carbocycles. The van der Waals surface area contributed by atoms with E-state index in [-0.39, 0.29) is 0 Å². The normalized spacial score (nSPS) is 13.2. The molecular weight excluding hydrogens is 237 g/mol. The number of hydrogen-bond acceptors (Lipinski definition) is 3. The second-order valence-electron chi connectivity index (χ2n) is 3.26. The van der Waals surface area contributed by atoms with Crippen molar-refractivity contribution in [2.24, 2.45) is 5.73 Å². The molecule has 0 radical (unpaired) electrons. The zero-order chi connectivity index (χ0) is 12.9. The van der Waals surface area contributed by atoms with E-state index in [1.165, 1.54) is 0 Å². The standard InChI is InChI=1S/C10H11F3N2O2/c11-10(12,13)6-17-15-9(16)8(14)7-4-2-1-3-5-7/h1-5,8H,6,14H2,(H,15,16). The Morgan fingerprint density at radius 1 is 1.35 bits per heavy atom. The van der Waals surface area contributed by atoms with E-state index in [9.17, 15) is 18.0 Å². The van der Waals surface area contributed by atoms with Crippen molar-refractivity contribution in [3.8, 4) is 0 Å². The van der Waals surface area contributed by atoms with Crippen molar-refractivity contribution < 1.29 is 22.8 Å². The molecule has 1 rings (SSSR count). The Morgan fingerprint density at radius 3 is 2.47 bits per heavy atom. The Hall–Kier alpha value is -1.60. The van der Waals surface area contributed by atoms with E-state index in [1.807, 2.05) is 0 Å². The molecule has 0 fully saturated rings. The Morgan fingerprint density at radius 2 is 1.94 bits per heavy atom. The van der Waals surface area contributed by atoms with Crippen LogP contribution in [0, 0.1) is 0 Å². The summed E-state index contributed by atoms with van der Waals surface area (Å²) in [5, 5.41) is 0. The van der Waals surface area contributed by atoms with Crippen molar-refractivity contribution >= 4 is 5.91 Å². The van der Waals surface area contributed by atoms with Crippen LogP contribution in [0.15, 0.2) is 30.3 Å². The number of carbonyl (C=O) groups is 1. The molecule has 0 aromatic heterocycles. The summed E-state index contributed by atoms with van der Waals surface area (Å²) in [5.74, 6) is -0.833. The van der Waals surface area contributed by atoms with Crippen LogP contribution in [-0.2, 0) is 9.63 Å². The highest BCUT2D eigenvalue weighted by molar-refractivity contribution is 5.81. The first-order valence-corrected chi connectivity index (χ1v) is 4.69. The van der Waals surface area contributed by atoms with Gasteiger partial charge >= 0.3 is 6.18 Å². The third-order valence-corrected chi connectivity index (χ3v) is 1.85. The molecule has 0 saturated carbocycles. The molecule has 0 aliphatic carbocycles. The summed E-state index contributed by atoms with van der Waals surface area (Å²) < 4.78 is 35.2. The van der Waals surface area contributed by atoms with Crippen LogP contribution in [0.2, 0.25) is 0 Å². The first kappa shape index (κ1) is 13.5. The van der Waals surface area contributed by atoms with E-state index in [2.05, 4.69) is 4.84 Å². The van der Waals surface area contributed by atoms with Gasteiger partial charge in [-0.05, 0) is 5.56 Å². The molecule has 3 N–H and O–H groups in total. The van der Waals surface area contributed by atoms with Crippen molar-refractivity contribution in [2.45, 2.75) is 12.2 Å². The van der Waals surface area contributed by atoms with Gasteiger partial charge in [0.15, 0.2) is 6.61 Å². The zero-order valence-corrected chi connectivity index (χ0v) is 8.70. The number of halogens is 3. The minimum Gasteiger partial charge on any atom is -0.316 e. The van der Waals surface area contributed by atoms with Gasteiger partial charge < -0.3 is 5.73 Å². The Balaban J connectivity index is 2.43. The lowest BCUT2D eigenvalue weighted by Crippen LogP contribution is -2.36. The second-order valence-corrected chi connectivity index (χ2v) is 3.26. The predicted molar refractivity (Wildman–Crippen MR) is 53.5 cm³/mol. The fraction of sp³-hybridized carbons (Fsp3) is 0.300. The van der Waals surface area contributed by atoms with Crippen molar-refractivity contribution in [1.82, 2.24) is 5.48 Å². The van der Waals surface area contributed by atoms with Gasteiger partial charge in [0, 0.05) is 0 Å². The number of hydrogen-bond donors (Lipinski definition) is 2. The number of benzene rings is 1. The predicted octanol–water partition coefficient (Wildman–Crippen LogP) is 1.30. The summed E-state index contributed by atoms with van der Waals surface area (Å²) in [6.45, 7) is -1.56. The van der Waals surface area contributed by atoms with Crippen molar-refractivity contribution in [1.29, 1.82) is 0 Å². The van der Waals surface area contributed by atoms with E-state index in [1.54, 1.807) is 35.8 Å². The fourth-order valence-electron chi connectivity index (χ4n) is 1.06. The largest absolute Gasteiger partial charge is 0.414 e. The number of carbonyl (C=O) groups excluding carboxylic acids is 1. The molecule has 7 heteroatoms. The highest BCUT2D eigenvalue weighted by atomic mass is 19.4. The first-order valence-electron chi connectivity index (χ1n) is 4.69. The van der Waals surface area contributed by atoms with Gasteiger partial charge in [-0.25, -0.2) is 5.48 Å². The van der Waals surface area contributed by atoms with E-state index in [0.717, 1.165) is 0 Å². The van der Waals surface area contributed by atoms with Crippen LogP contribution in [0.3, 0.4) is 0 Å². The van der Waals surface area contributed by atoms with Gasteiger partial charge in [-0.3, -0.25) is 9.63 Å². The lowest BCUT2D eigenvalue weighted by atomic mass is 10.1. The molecule has 0 aliphatic rings. The molecule has 0 saturated heterocycles. The van der Waals surface area contributed by atoms with Gasteiger partial charge in [0.1, 0.15) is 6.04 Å². The van der Waals surface area contributed by atoms with Crippen LogP contribution in [0.4, 0.5) is 13.2 Å². The number of rotatable bonds is 4. The highest BCUT2D eigenvalue weighted by Gasteiger charge is 2.28. The van der Waals surface area contributed by atoms with E-state index < -0.39 is 24.7 Å². The topological polar surface area (TPSA) is 64.4 Å². The first-order chi connectivity index (χ1) is 7.90. The summed E-state index contributed by atoms with van der Waals surface area (Å²) in [4.78, 5) is 15.3. The number of nitrogens with two attached hydrogens (primary N) is 1. The smallest absolute Gasteiger partial charge is 0.316 e. The molecule has 1 atom stereocenters. The average molecular weight is 248 g/mol. The molecular formula is C10H11F3N2O2. The Bertz CT molecular complexity index is 368. The van der Waals surface area contributed by atoms with Gasteiger partial charge in [0.05, 0.1) is 0 Å². The molecule has 4 nitrogen and oxygen atoms in total. The minimum atomic E-state index is -4.50. The third-order valence-electron chi connectivity index (χ3n) is 1.85. The number of hydroxylamine groups is 1. The lowest BCUT2D eigenvalue weighted by molar-refractivity contribution is -0.192. The van der Waals surface area contributed by atoms with Gasteiger partial charge in [-0.2, -0.15) is 13.2 Å². The van der Waals surface area contributed by atoms with Gasteiger partial charge in [-0.1, -0.05) is 30.3 Å². The Kier molecular flexibility index (Phi) is 4.47. The van der Waals surface area contributed by atoms with Crippen molar-refractivity contribution in [3.63, 3.8) is 0 Å². The van der Waals surface area contributed by atoms with Crippen LogP contribution in [0.1, 0.15) is 11.6 Å². The number of alkyl halides is 3. The lowest BCUT2D eigenvalue weighted by Gasteiger charge is -2.13. The SMILES string of the molecule is NC(C(=O)NOCC(F)(F)F)c1ccccc1. The average Bonchev–Trinajstić information content (AvgIpc) is 2.27. The number of amides is 1. The third kappa shape index (κ3) is 4.83. The molecule has 17 heavy (non-hydrogen) atoms. The van der Waals surface area contributed by atoms with E-state index in [0.29, 0.717) is 5.56 Å². The quantitative estimate of drug-likeness (QED) is 0.789. The van der Waals surface area contributed by atoms with Crippen LogP contribution < -0.4 is 11.2 Å². The monoisotopic (exact) mass is 248 g/mol. The van der Waals surface area contributed by atoms with Crippen LogP contribution in [-0.4, -0.2) is 18.7 Å². The van der Waals surface area contributed by atoms with E-state index >= 15 is 0 Å². The molecule has 0 spiro atoms. The zero-order valence-electron chi connectivity index (χ0n) is 8.70. The maximum Gasteiger partial charge on any atom is 0.414 e. The molecule has 0 bridgehead atoms. The molecule has 0 heterocycles. The maximum absolute atomic E-state index is 11.7. The van der Waals surface area contributed by atoms with Crippen LogP contribution >= 0.6 is 0 Å². The van der Waals surface area contributed by atoms with E-state index in [4.69, 9.17) is 5.73 Å². The second kappa shape index (κ2) is 5.65. The van der Waals surface area contributed by atoms with Gasteiger partial charge in [-0.15, -0.1) is 0 Å². The maximum atomic E-state index is 11.7. The van der Waals surface area contributed by atoms with Gasteiger partial charge in [0.25, 0.3) is 5.91 Å². The summed E-state index contributed by atoms with van der Waals surface area (Å²) in [6, 6.07) is 7.18.